The van der Waals surface area contributed by atoms with Gasteiger partial charge in [-0.1, -0.05) is 0 Å². The topological polar surface area (TPSA) is 27.7 Å². The Bertz CT molecular complexity index is 269. The van der Waals surface area contributed by atoms with Crippen molar-refractivity contribution in [2.45, 2.75) is 18.9 Å². The smallest absolute Gasteiger partial charge is 0.0563 e. The Hall–Kier alpha value is -0.160. The van der Waals surface area contributed by atoms with Crippen LogP contribution in [0.15, 0.2) is 0 Å². The zero-order valence-electron chi connectivity index (χ0n) is 11.8. The number of hydrogen-bond donors (Lipinski definition) is 1. The molecule has 2 atom stereocenters. The zero-order chi connectivity index (χ0) is 12.6. The lowest BCUT2D eigenvalue weighted by molar-refractivity contribution is -0.179. The lowest BCUT2D eigenvalue weighted by Crippen LogP contribution is -2.67. The van der Waals surface area contributed by atoms with Gasteiger partial charge in [0.25, 0.3) is 0 Å². The molecule has 0 aromatic rings. The maximum Gasteiger partial charge on any atom is 0.0563 e. The number of nitrogens with zero attached hydrogens (tertiary/aromatic N) is 2. The summed E-state index contributed by atoms with van der Waals surface area (Å²) in [5.74, 6) is 0.814. The molecule has 3 rings (SSSR count). The molecule has 3 fully saturated rings. The molecular formula is C14H27N3O. The molecule has 3 saturated heterocycles. The van der Waals surface area contributed by atoms with Crippen LogP contribution in [0.3, 0.4) is 0 Å². The second-order valence-corrected chi connectivity index (χ2v) is 6.60. The molecule has 0 saturated carbocycles. The molecule has 104 valence electrons. The number of likely N-dealkylation sites (tertiary alicyclic amines) is 1. The molecule has 0 aliphatic carbocycles. The number of rotatable bonds is 2. The van der Waals surface area contributed by atoms with Crippen LogP contribution >= 0.6 is 0 Å². The first kappa shape index (κ1) is 12.9. The third-order valence-electron chi connectivity index (χ3n) is 5.25. The van der Waals surface area contributed by atoms with Gasteiger partial charge in [-0.3, -0.25) is 0 Å². The third kappa shape index (κ3) is 2.20. The van der Waals surface area contributed by atoms with Crippen molar-refractivity contribution in [2.75, 3.05) is 60.0 Å². The Labute approximate surface area is 111 Å². The monoisotopic (exact) mass is 253 g/mol. The number of hydrogen-bond acceptors (Lipinski definition) is 4. The van der Waals surface area contributed by atoms with Gasteiger partial charge in [0.05, 0.1) is 13.2 Å². The minimum atomic E-state index is 0.406. The van der Waals surface area contributed by atoms with E-state index in [2.05, 4.69) is 29.2 Å². The Balaban J connectivity index is 1.72. The van der Waals surface area contributed by atoms with Crippen LogP contribution < -0.4 is 5.32 Å². The minimum absolute atomic E-state index is 0.406. The Morgan fingerprint density at radius 3 is 2.50 bits per heavy atom. The van der Waals surface area contributed by atoms with Crippen molar-refractivity contribution in [3.8, 4) is 0 Å². The number of piperidine rings is 1. The van der Waals surface area contributed by atoms with Gasteiger partial charge < -0.3 is 19.9 Å². The largest absolute Gasteiger partial charge is 0.380 e. The van der Waals surface area contributed by atoms with Crippen LogP contribution in [0.25, 0.3) is 0 Å². The number of likely N-dealkylation sites (N-methyl/N-ethyl adjacent to an activating group) is 1. The van der Waals surface area contributed by atoms with Gasteiger partial charge in [-0.25, -0.2) is 0 Å². The van der Waals surface area contributed by atoms with E-state index in [1.54, 1.807) is 0 Å². The molecule has 0 aromatic heterocycles. The average molecular weight is 253 g/mol. The van der Waals surface area contributed by atoms with E-state index in [9.17, 15) is 0 Å². The van der Waals surface area contributed by atoms with E-state index in [-0.39, 0.29) is 0 Å². The summed E-state index contributed by atoms with van der Waals surface area (Å²) >= 11 is 0. The second-order valence-electron chi connectivity index (χ2n) is 6.60. The number of nitrogens with one attached hydrogen (secondary N) is 1. The lowest BCUT2D eigenvalue weighted by Gasteiger charge is -2.56. The molecule has 2 unspecified atom stereocenters. The highest BCUT2D eigenvalue weighted by Crippen LogP contribution is 2.44. The van der Waals surface area contributed by atoms with Gasteiger partial charge in [-0.05, 0) is 39.4 Å². The first-order chi connectivity index (χ1) is 8.71. The van der Waals surface area contributed by atoms with Gasteiger partial charge in [0, 0.05) is 37.6 Å². The predicted molar refractivity (Wildman–Crippen MR) is 72.8 cm³/mol. The molecule has 0 amide bonds. The first-order valence-electron chi connectivity index (χ1n) is 7.39. The molecule has 0 bridgehead atoms. The van der Waals surface area contributed by atoms with Gasteiger partial charge in [0.15, 0.2) is 0 Å². The van der Waals surface area contributed by atoms with Crippen LogP contribution in [0, 0.1) is 11.3 Å². The first-order valence-corrected chi connectivity index (χ1v) is 7.39. The summed E-state index contributed by atoms with van der Waals surface area (Å²) < 4.78 is 5.64. The molecule has 0 spiro atoms. The molecule has 18 heavy (non-hydrogen) atoms. The maximum absolute atomic E-state index is 5.64. The molecule has 3 aliphatic heterocycles. The maximum atomic E-state index is 5.64. The SMILES string of the molecule is CN1CCCC(C2(C3CN(C)CCN3)COC2)C1. The minimum Gasteiger partial charge on any atom is -0.380 e. The summed E-state index contributed by atoms with van der Waals surface area (Å²) in [4.78, 5) is 4.97. The Morgan fingerprint density at radius 1 is 1.11 bits per heavy atom. The molecule has 3 aliphatic rings. The molecule has 1 N–H and O–H groups in total. The standard InChI is InChI=1S/C14H27N3O/c1-16-6-3-4-12(8-16)14(10-18-11-14)13-9-17(2)7-5-15-13/h12-13,15H,3-11H2,1-2H3. The highest BCUT2D eigenvalue weighted by molar-refractivity contribution is 5.04. The molecular weight excluding hydrogens is 226 g/mol. The summed E-state index contributed by atoms with van der Waals surface area (Å²) in [7, 11) is 4.51. The van der Waals surface area contributed by atoms with Gasteiger partial charge in [0.2, 0.25) is 0 Å². The van der Waals surface area contributed by atoms with Gasteiger partial charge in [0.1, 0.15) is 0 Å². The van der Waals surface area contributed by atoms with E-state index >= 15 is 0 Å². The number of piperazine rings is 1. The summed E-state index contributed by atoms with van der Waals surface area (Å²) in [6, 6.07) is 0.626. The number of ether oxygens (including phenoxy) is 1. The van der Waals surface area contributed by atoms with Crippen molar-refractivity contribution in [1.29, 1.82) is 0 Å². The van der Waals surface area contributed by atoms with Crippen molar-refractivity contribution in [1.82, 2.24) is 15.1 Å². The molecule has 4 heteroatoms. The van der Waals surface area contributed by atoms with Crippen LogP contribution in [0.4, 0.5) is 0 Å². The fourth-order valence-electron chi connectivity index (χ4n) is 3.98. The van der Waals surface area contributed by atoms with Crippen molar-refractivity contribution >= 4 is 0 Å². The van der Waals surface area contributed by atoms with Crippen LogP contribution in [0.2, 0.25) is 0 Å². The lowest BCUT2D eigenvalue weighted by atomic mass is 9.65. The van der Waals surface area contributed by atoms with Gasteiger partial charge in [-0.2, -0.15) is 0 Å². The van der Waals surface area contributed by atoms with Gasteiger partial charge in [-0.15, -0.1) is 0 Å². The molecule has 0 radical (unpaired) electrons. The van der Waals surface area contributed by atoms with Crippen LogP contribution in [0.5, 0.6) is 0 Å². The Morgan fingerprint density at radius 2 is 1.89 bits per heavy atom. The second kappa shape index (κ2) is 5.08. The Kier molecular flexibility index (Phi) is 3.63. The fourth-order valence-corrected chi connectivity index (χ4v) is 3.98. The van der Waals surface area contributed by atoms with Crippen molar-refractivity contribution in [3.63, 3.8) is 0 Å². The average Bonchev–Trinajstić information content (AvgIpc) is 2.28. The molecule has 0 aromatic carbocycles. The van der Waals surface area contributed by atoms with E-state index in [4.69, 9.17) is 4.74 Å². The normalized spacial score (nSPS) is 38.3. The van der Waals surface area contributed by atoms with E-state index in [0.29, 0.717) is 11.5 Å². The van der Waals surface area contributed by atoms with Crippen molar-refractivity contribution in [2.24, 2.45) is 11.3 Å². The van der Waals surface area contributed by atoms with E-state index in [1.165, 1.54) is 39.0 Å². The van der Waals surface area contributed by atoms with Gasteiger partial charge >= 0.3 is 0 Å². The van der Waals surface area contributed by atoms with Crippen LogP contribution in [-0.2, 0) is 4.74 Å². The van der Waals surface area contributed by atoms with E-state index in [0.717, 1.165) is 25.7 Å². The molecule has 4 nitrogen and oxygen atoms in total. The highest BCUT2D eigenvalue weighted by Gasteiger charge is 2.52. The van der Waals surface area contributed by atoms with Crippen LogP contribution in [-0.4, -0.2) is 75.9 Å². The molecule has 3 heterocycles. The quantitative estimate of drug-likeness (QED) is 0.763. The van der Waals surface area contributed by atoms with Crippen molar-refractivity contribution < 1.29 is 4.74 Å². The summed E-state index contributed by atoms with van der Waals surface area (Å²) in [5, 5.41) is 3.76. The summed E-state index contributed by atoms with van der Waals surface area (Å²) in [6.45, 7) is 7.96. The highest BCUT2D eigenvalue weighted by atomic mass is 16.5. The van der Waals surface area contributed by atoms with E-state index < -0.39 is 0 Å². The summed E-state index contributed by atoms with van der Waals surface area (Å²) in [6.07, 6.45) is 2.74. The van der Waals surface area contributed by atoms with E-state index in [1.807, 2.05) is 0 Å². The summed E-state index contributed by atoms with van der Waals surface area (Å²) in [5.41, 5.74) is 0.406. The fraction of sp³-hybridized carbons (Fsp3) is 1.00. The predicted octanol–water partition coefficient (Wildman–Crippen LogP) is 0.248. The van der Waals surface area contributed by atoms with Crippen molar-refractivity contribution in [3.05, 3.63) is 0 Å². The zero-order valence-corrected chi connectivity index (χ0v) is 11.8. The third-order valence-corrected chi connectivity index (χ3v) is 5.25. The van der Waals surface area contributed by atoms with Crippen LogP contribution in [0.1, 0.15) is 12.8 Å².